The van der Waals surface area contributed by atoms with Gasteiger partial charge in [-0.15, -0.1) is 0 Å². The molecule has 0 unspecified atom stereocenters. The Hall–Kier alpha value is -3.70. The molecular weight excluding hydrogens is 374 g/mol. The largest absolute Gasteiger partial charge is 0.508 e. The maximum Gasteiger partial charge on any atom is 0.120 e. The molecule has 2 aromatic heterocycles. The van der Waals surface area contributed by atoms with Crippen LogP contribution in [0.3, 0.4) is 0 Å². The SMILES string of the molecule is Oc1ccccc1CN(Cc1ccccc1O)C(c1ccccn1)c1ccccn1. The molecular formula is C25H23N3O2. The Morgan fingerprint density at radius 1 is 0.600 bits per heavy atom. The van der Waals surface area contributed by atoms with Gasteiger partial charge in [0.2, 0.25) is 0 Å². The lowest BCUT2D eigenvalue weighted by molar-refractivity contribution is 0.195. The number of benzene rings is 2. The molecule has 0 aliphatic heterocycles. The molecule has 2 heterocycles. The summed E-state index contributed by atoms with van der Waals surface area (Å²) >= 11 is 0. The number of rotatable bonds is 7. The molecule has 0 atom stereocenters. The van der Waals surface area contributed by atoms with Crippen molar-refractivity contribution in [2.24, 2.45) is 0 Å². The maximum atomic E-state index is 10.4. The zero-order valence-electron chi connectivity index (χ0n) is 16.5. The number of hydrogen-bond acceptors (Lipinski definition) is 5. The van der Waals surface area contributed by atoms with Crippen molar-refractivity contribution in [2.45, 2.75) is 19.1 Å². The van der Waals surface area contributed by atoms with Crippen molar-refractivity contribution in [1.82, 2.24) is 14.9 Å². The van der Waals surface area contributed by atoms with Gasteiger partial charge in [-0.05, 0) is 36.4 Å². The Bertz CT molecular complexity index is 1000. The van der Waals surface area contributed by atoms with Gasteiger partial charge in [0.1, 0.15) is 11.5 Å². The van der Waals surface area contributed by atoms with E-state index in [9.17, 15) is 10.2 Å². The van der Waals surface area contributed by atoms with Crippen molar-refractivity contribution in [3.05, 3.63) is 120 Å². The van der Waals surface area contributed by atoms with Crippen molar-refractivity contribution in [2.75, 3.05) is 0 Å². The minimum Gasteiger partial charge on any atom is -0.508 e. The minimum atomic E-state index is -0.258. The molecule has 0 spiro atoms. The predicted molar refractivity (Wildman–Crippen MR) is 116 cm³/mol. The van der Waals surface area contributed by atoms with Crippen molar-refractivity contribution < 1.29 is 10.2 Å². The monoisotopic (exact) mass is 397 g/mol. The number of aromatic hydroxyl groups is 2. The smallest absolute Gasteiger partial charge is 0.120 e. The molecule has 0 bridgehead atoms. The lowest BCUT2D eigenvalue weighted by atomic mass is 10.0. The second kappa shape index (κ2) is 9.20. The summed E-state index contributed by atoms with van der Waals surface area (Å²) in [4.78, 5) is 11.4. The van der Waals surface area contributed by atoms with E-state index in [2.05, 4.69) is 14.9 Å². The van der Waals surface area contributed by atoms with Gasteiger partial charge in [-0.2, -0.15) is 0 Å². The summed E-state index contributed by atoms with van der Waals surface area (Å²) in [7, 11) is 0. The lowest BCUT2D eigenvalue weighted by Gasteiger charge is -2.31. The van der Waals surface area contributed by atoms with Gasteiger partial charge >= 0.3 is 0 Å². The average molecular weight is 397 g/mol. The Morgan fingerprint density at radius 2 is 1.03 bits per heavy atom. The van der Waals surface area contributed by atoms with Gasteiger partial charge in [0.25, 0.3) is 0 Å². The fourth-order valence-electron chi connectivity index (χ4n) is 3.57. The molecule has 0 saturated heterocycles. The van der Waals surface area contributed by atoms with E-state index >= 15 is 0 Å². The fraction of sp³-hybridized carbons (Fsp3) is 0.120. The van der Waals surface area contributed by atoms with E-state index in [4.69, 9.17) is 0 Å². The van der Waals surface area contributed by atoms with Crippen molar-refractivity contribution >= 4 is 0 Å². The summed E-state index contributed by atoms with van der Waals surface area (Å²) < 4.78 is 0. The maximum absolute atomic E-state index is 10.4. The number of para-hydroxylation sites is 2. The van der Waals surface area contributed by atoms with Gasteiger partial charge in [-0.3, -0.25) is 14.9 Å². The van der Waals surface area contributed by atoms with Crippen LogP contribution in [0.5, 0.6) is 11.5 Å². The van der Waals surface area contributed by atoms with Crippen LogP contribution in [0.25, 0.3) is 0 Å². The number of hydrogen-bond donors (Lipinski definition) is 2. The molecule has 0 radical (unpaired) electrons. The highest BCUT2D eigenvalue weighted by molar-refractivity contribution is 5.35. The molecule has 4 aromatic rings. The van der Waals surface area contributed by atoms with Gasteiger partial charge in [0.15, 0.2) is 0 Å². The van der Waals surface area contributed by atoms with E-state index in [-0.39, 0.29) is 17.5 Å². The van der Waals surface area contributed by atoms with E-state index in [1.54, 1.807) is 36.7 Å². The Morgan fingerprint density at radius 3 is 1.43 bits per heavy atom. The Kier molecular flexibility index (Phi) is 6.01. The molecule has 4 rings (SSSR count). The summed E-state index contributed by atoms with van der Waals surface area (Å²) in [5.41, 5.74) is 3.29. The van der Waals surface area contributed by atoms with E-state index in [0.29, 0.717) is 13.1 Å². The fourth-order valence-corrected chi connectivity index (χ4v) is 3.57. The molecule has 2 N–H and O–H groups in total. The quantitative estimate of drug-likeness (QED) is 0.474. The van der Waals surface area contributed by atoms with Crippen LogP contribution in [0.4, 0.5) is 0 Å². The predicted octanol–water partition coefficient (Wildman–Crippen LogP) is 4.68. The van der Waals surface area contributed by atoms with Gasteiger partial charge in [0, 0.05) is 36.6 Å². The van der Waals surface area contributed by atoms with E-state index in [0.717, 1.165) is 22.5 Å². The van der Waals surface area contributed by atoms with Gasteiger partial charge in [0.05, 0.1) is 17.4 Å². The molecule has 5 heteroatoms. The lowest BCUT2D eigenvalue weighted by Crippen LogP contribution is -2.30. The number of pyridine rings is 2. The van der Waals surface area contributed by atoms with Crippen LogP contribution in [-0.4, -0.2) is 25.1 Å². The Labute approximate surface area is 175 Å². The first kappa shape index (κ1) is 19.6. The molecule has 0 saturated carbocycles. The molecule has 30 heavy (non-hydrogen) atoms. The van der Waals surface area contributed by atoms with Crippen LogP contribution in [0.2, 0.25) is 0 Å². The minimum absolute atomic E-state index is 0.237. The summed E-state index contributed by atoms with van der Waals surface area (Å²) in [6.07, 6.45) is 3.53. The summed E-state index contributed by atoms with van der Waals surface area (Å²) in [5.74, 6) is 0.473. The van der Waals surface area contributed by atoms with Crippen LogP contribution < -0.4 is 0 Å². The highest BCUT2D eigenvalue weighted by Gasteiger charge is 2.26. The number of phenolic OH excluding ortho intramolecular Hbond substituents is 2. The highest BCUT2D eigenvalue weighted by atomic mass is 16.3. The van der Waals surface area contributed by atoms with Crippen molar-refractivity contribution in [3.63, 3.8) is 0 Å². The van der Waals surface area contributed by atoms with Crippen LogP contribution in [-0.2, 0) is 13.1 Å². The van der Waals surface area contributed by atoms with Crippen LogP contribution in [0, 0.1) is 0 Å². The van der Waals surface area contributed by atoms with Crippen LogP contribution >= 0.6 is 0 Å². The molecule has 0 amide bonds. The topological polar surface area (TPSA) is 69.5 Å². The van der Waals surface area contributed by atoms with Crippen LogP contribution in [0.15, 0.2) is 97.3 Å². The zero-order valence-corrected chi connectivity index (χ0v) is 16.5. The van der Waals surface area contributed by atoms with Crippen LogP contribution in [0.1, 0.15) is 28.6 Å². The van der Waals surface area contributed by atoms with E-state index in [1.165, 1.54) is 0 Å². The average Bonchev–Trinajstić information content (AvgIpc) is 2.78. The molecule has 5 nitrogen and oxygen atoms in total. The second-order valence-electron chi connectivity index (χ2n) is 7.07. The van der Waals surface area contributed by atoms with Crippen molar-refractivity contribution in [3.8, 4) is 11.5 Å². The molecule has 0 fully saturated rings. The third-order valence-corrected chi connectivity index (χ3v) is 5.03. The first-order valence-electron chi connectivity index (χ1n) is 9.82. The first-order valence-corrected chi connectivity index (χ1v) is 9.82. The highest BCUT2D eigenvalue weighted by Crippen LogP contribution is 2.32. The standard InChI is InChI=1S/C25H23N3O2/c29-23-13-3-1-9-19(23)17-28(18-20-10-2-4-14-24(20)30)25(21-11-5-7-15-26-21)22-12-6-8-16-27-22/h1-16,25,29-30H,17-18H2. The molecule has 0 aliphatic rings. The second-order valence-corrected chi connectivity index (χ2v) is 7.07. The van der Waals surface area contributed by atoms with Crippen molar-refractivity contribution in [1.29, 1.82) is 0 Å². The normalized spacial score (nSPS) is 11.1. The third-order valence-electron chi connectivity index (χ3n) is 5.03. The third kappa shape index (κ3) is 4.47. The van der Waals surface area contributed by atoms with Gasteiger partial charge in [-0.25, -0.2) is 0 Å². The number of aromatic nitrogens is 2. The molecule has 2 aromatic carbocycles. The van der Waals surface area contributed by atoms with Gasteiger partial charge < -0.3 is 10.2 Å². The van der Waals surface area contributed by atoms with E-state index in [1.807, 2.05) is 60.7 Å². The van der Waals surface area contributed by atoms with Gasteiger partial charge in [-0.1, -0.05) is 48.5 Å². The summed E-state index contributed by atoms with van der Waals surface area (Å²) in [6, 6.07) is 26.0. The Balaban J connectivity index is 1.80. The first-order chi connectivity index (χ1) is 14.7. The summed E-state index contributed by atoms with van der Waals surface area (Å²) in [6.45, 7) is 0.914. The molecule has 0 aliphatic carbocycles. The number of nitrogens with zero attached hydrogens (tertiary/aromatic N) is 3. The van der Waals surface area contributed by atoms with E-state index < -0.39 is 0 Å². The number of phenols is 2. The summed E-state index contributed by atoms with van der Waals surface area (Å²) in [5, 5.41) is 20.8. The zero-order chi connectivity index (χ0) is 20.8. The molecule has 150 valence electrons.